The molecule has 1 unspecified atom stereocenters. The normalized spacial score (nSPS) is 15.2. The third-order valence-corrected chi connectivity index (χ3v) is 3.55. The van der Waals surface area contributed by atoms with E-state index < -0.39 is 58.5 Å². The number of carbonyl (C=O) groups is 1. The van der Waals surface area contributed by atoms with Crippen molar-refractivity contribution in [2.45, 2.75) is 36.2 Å². The van der Waals surface area contributed by atoms with Gasteiger partial charge in [0.05, 0.1) is 10.6 Å². The molecule has 0 saturated heterocycles. The van der Waals surface area contributed by atoms with Crippen LogP contribution in [0.4, 0.5) is 52.7 Å². The summed E-state index contributed by atoms with van der Waals surface area (Å²) in [7, 11) is 0. The molecule has 0 amide bonds. The zero-order valence-corrected chi connectivity index (χ0v) is 13.7. The lowest BCUT2D eigenvalue weighted by Crippen LogP contribution is -2.68. The minimum absolute atomic E-state index is 0.315. The van der Waals surface area contributed by atoms with Gasteiger partial charge >= 0.3 is 42.2 Å². The molecular formula is C13H5ClF12O3. The fraction of sp³-hybridized carbons (Fsp3) is 0.462. The van der Waals surface area contributed by atoms with Gasteiger partial charge in [-0.2, -0.15) is 52.7 Å². The van der Waals surface area contributed by atoms with E-state index in [1.807, 2.05) is 0 Å². The first kappa shape index (κ1) is 25.0. The lowest BCUT2D eigenvalue weighted by atomic mass is 9.98. The zero-order valence-electron chi connectivity index (χ0n) is 13.0. The second kappa shape index (κ2) is 7.32. The summed E-state index contributed by atoms with van der Waals surface area (Å²) in [4.78, 5) is 10.6. The van der Waals surface area contributed by atoms with Crippen LogP contribution < -0.4 is 4.74 Å². The van der Waals surface area contributed by atoms with Gasteiger partial charge in [-0.05, 0) is 18.2 Å². The molecule has 3 nitrogen and oxygen atoms in total. The number of rotatable bonds is 7. The average molecular weight is 473 g/mol. The highest BCUT2D eigenvalue weighted by molar-refractivity contribution is 6.32. The van der Waals surface area contributed by atoms with Crippen molar-refractivity contribution in [3.05, 3.63) is 28.8 Å². The van der Waals surface area contributed by atoms with Crippen LogP contribution in [-0.2, 0) is 0 Å². The minimum atomic E-state index is -7.80. The number of carboxylic acids is 1. The Bertz CT molecular complexity index is 777. The Morgan fingerprint density at radius 3 is 1.76 bits per heavy atom. The van der Waals surface area contributed by atoms with Crippen LogP contribution in [0.2, 0.25) is 5.02 Å². The first-order valence-electron chi connectivity index (χ1n) is 6.63. The van der Waals surface area contributed by atoms with Crippen LogP contribution in [0.1, 0.15) is 10.4 Å². The van der Waals surface area contributed by atoms with Gasteiger partial charge < -0.3 is 9.84 Å². The maximum Gasteiger partial charge on any atom is 0.460 e. The van der Waals surface area contributed by atoms with Crippen molar-refractivity contribution in [3.63, 3.8) is 0 Å². The van der Waals surface area contributed by atoms with Crippen LogP contribution in [-0.4, -0.2) is 47.3 Å². The largest absolute Gasteiger partial charge is 0.478 e. The van der Waals surface area contributed by atoms with E-state index in [0.717, 1.165) is 0 Å². The van der Waals surface area contributed by atoms with Crippen molar-refractivity contribution < 1.29 is 67.3 Å². The quantitative estimate of drug-likeness (QED) is 0.509. The number of alkyl halides is 12. The zero-order chi connectivity index (χ0) is 23.2. The molecule has 1 aromatic carbocycles. The molecule has 0 heterocycles. The number of ether oxygens (including phenoxy) is 1. The van der Waals surface area contributed by atoms with Crippen molar-refractivity contribution in [1.82, 2.24) is 0 Å². The summed E-state index contributed by atoms with van der Waals surface area (Å²) in [5.74, 6) is -33.0. The predicted molar refractivity (Wildman–Crippen MR) is 69.8 cm³/mol. The maximum absolute atomic E-state index is 13.5. The summed E-state index contributed by atoms with van der Waals surface area (Å²) < 4.78 is 158. The van der Waals surface area contributed by atoms with Gasteiger partial charge in [0, 0.05) is 0 Å². The second-order valence-electron chi connectivity index (χ2n) is 5.23. The first-order chi connectivity index (χ1) is 12.7. The Balaban J connectivity index is 3.30. The van der Waals surface area contributed by atoms with E-state index in [1.54, 1.807) is 0 Å². The molecule has 16 heteroatoms. The highest BCUT2D eigenvalue weighted by Crippen LogP contribution is 2.58. The first-order valence-corrected chi connectivity index (χ1v) is 7.01. The smallest absolute Gasteiger partial charge is 0.460 e. The van der Waals surface area contributed by atoms with Crippen LogP contribution in [0.5, 0.6) is 5.75 Å². The molecule has 29 heavy (non-hydrogen) atoms. The second-order valence-corrected chi connectivity index (χ2v) is 5.64. The Labute approximate surface area is 156 Å². The average Bonchev–Trinajstić information content (AvgIpc) is 2.54. The molecule has 166 valence electrons. The summed E-state index contributed by atoms with van der Waals surface area (Å²) in [6.07, 6.45) is -12.3. The number of hydrogen-bond acceptors (Lipinski definition) is 2. The summed E-state index contributed by atoms with van der Waals surface area (Å²) in [5, 5.41) is 7.60. The number of hydrogen-bond donors (Lipinski definition) is 1. The summed E-state index contributed by atoms with van der Waals surface area (Å²) in [6.45, 7) is 0. The van der Waals surface area contributed by atoms with Crippen molar-refractivity contribution in [2.75, 3.05) is 0 Å². The fourth-order valence-electron chi connectivity index (χ4n) is 1.64. The van der Waals surface area contributed by atoms with E-state index >= 15 is 0 Å². The molecule has 1 atom stereocenters. The van der Waals surface area contributed by atoms with Gasteiger partial charge in [-0.25, -0.2) is 4.79 Å². The molecule has 0 aromatic heterocycles. The third-order valence-electron chi connectivity index (χ3n) is 3.26. The molecular weight excluding hydrogens is 468 g/mol. The Hall–Kier alpha value is -2.06. The van der Waals surface area contributed by atoms with Crippen molar-refractivity contribution in [3.8, 4) is 5.75 Å². The number of halogens is 13. The highest BCUT2D eigenvalue weighted by Gasteiger charge is 2.88. The van der Waals surface area contributed by atoms with Gasteiger partial charge in [0.15, 0.2) is 0 Å². The van der Waals surface area contributed by atoms with E-state index in [9.17, 15) is 57.5 Å². The minimum Gasteiger partial charge on any atom is -0.478 e. The molecule has 1 rings (SSSR count). The number of carboxylic acid groups (broad SMARTS) is 1. The topological polar surface area (TPSA) is 46.5 Å². The van der Waals surface area contributed by atoms with Gasteiger partial charge in [0.1, 0.15) is 5.75 Å². The standard InChI is InChI=1S/C13H5ClF12O3/c14-5-3-4(7(27)28)1-2-6(5)29-8(15)9(16,17)10(18,19)11(20,21)12(22,23)13(24,25)26/h1-3,8H,(H,27,28). The number of benzene rings is 1. The monoisotopic (exact) mass is 472 g/mol. The van der Waals surface area contributed by atoms with Gasteiger partial charge in [0.2, 0.25) is 0 Å². The Kier molecular flexibility index (Phi) is 6.31. The van der Waals surface area contributed by atoms with Crippen LogP contribution in [0.3, 0.4) is 0 Å². The van der Waals surface area contributed by atoms with Crippen LogP contribution in [0, 0.1) is 0 Å². The maximum atomic E-state index is 13.5. The molecule has 0 fully saturated rings. The summed E-state index contributed by atoms with van der Waals surface area (Å²) >= 11 is 5.30. The molecule has 0 radical (unpaired) electrons. The molecule has 1 N–H and O–H groups in total. The van der Waals surface area contributed by atoms with E-state index in [4.69, 9.17) is 16.7 Å². The van der Waals surface area contributed by atoms with Gasteiger partial charge in [-0.15, -0.1) is 0 Å². The van der Waals surface area contributed by atoms with E-state index in [1.165, 1.54) is 0 Å². The Morgan fingerprint density at radius 1 is 0.897 bits per heavy atom. The fourth-order valence-corrected chi connectivity index (χ4v) is 1.87. The molecule has 0 saturated carbocycles. The van der Waals surface area contributed by atoms with E-state index in [-0.39, 0.29) is 0 Å². The SMILES string of the molecule is O=C(O)c1ccc(OC(F)C(F)(F)C(F)(F)C(F)(F)C(F)(F)C(F)(F)F)c(Cl)c1. The van der Waals surface area contributed by atoms with E-state index in [0.29, 0.717) is 18.2 Å². The van der Waals surface area contributed by atoms with E-state index in [2.05, 4.69) is 4.74 Å². The molecule has 0 aliphatic heterocycles. The van der Waals surface area contributed by atoms with Crippen LogP contribution in [0.15, 0.2) is 18.2 Å². The highest BCUT2D eigenvalue weighted by atomic mass is 35.5. The Morgan fingerprint density at radius 2 is 1.38 bits per heavy atom. The molecule has 0 aliphatic carbocycles. The molecule has 0 bridgehead atoms. The predicted octanol–water partition coefficient (Wildman–Crippen LogP) is 5.82. The van der Waals surface area contributed by atoms with Crippen molar-refractivity contribution in [1.29, 1.82) is 0 Å². The number of aromatic carboxylic acids is 1. The van der Waals surface area contributed by atoms with Gasteiger partial charge in [0.25, 0.3) is 0 Å². The van der Waals surface area contributed by atoms with Crippen LogP contribution in [0.25, 0.3) is 0 Å². The van der Waals surface area contributed by atoms with Crippen molar-refractivity contribution in [2.24, 2.45) is 0 Å². The molecule has 1 aromatic rings. The third kappa shape index (κ3) is 4.00. The van der Waals surface area contributed by atoms with Crippen molar-refractivity contribution >= 4 is 17.6 Å². The molecule has 0 aliphatic rings. The molecule has 0 spiro atoms. The lowest BCUT2D eigenvalue weighted by molar-refractivity contribution is -0.432. The van der Waals surface area contributed by atoms with Crippen LogP contribution >= 0.6 is 11.6 Å². The summed E-state index contributed by atoms with van der Waals surface area (Å²) in [6, 6.07) is 1.25. The van der Waals surface area contributed by atoms with Gasteiger partial charge in [-0.3, -0.25) is 0 Å². The summed E-state index contributed by atoms with van der Waals surface area (Å²) in [5.41, 5.74) is -0.647. The lowest BCUT2D eigenvalue weighted by Gasteiger charge is -2.37. The van der Waals surface area contributed by atoms with Gasteiger partial charge in [-0.1, -0.05) is 11.6 Å².